The SMILES string of the molecule is N#Cc1cc(CNc2cnc3n(c2=O)[C@H](C(N)=O)C(C2Cc4ccc(N)nc4C2)C3)cc(C(F)(F)F)c1. The van der Waals surface area contributed by atoms with Crippen molar-refractivity contribution in [3.05, 3.63) is 80.7 Å². The van der Waals surface area contributed by atoms with Crippen molar-refractivity contribution in [1.29, 1.82) is 5.26 Å². The first-order chi connectivity index (χ1) is 17.5. The number of anilines is 2. The summed E-state index contributed by atoms with van der Waals surface area (Å²) in [6, 6.07) is 7.41. The Morgan fingerprint density at radius 2 is 2.00 bits per heavy atom. The second-order valence-electron chi connectivity index (χ2n) is 9.37. The van der Waals surface area contributed by atoms with E-state index in [2.05, 4.69) is 15.3 Å². The van der Waals surface area contributed by atoms with Crippen LogP contribution in [0, 0.1) is 23.2 Å². The number of carbonyl (C=O) groups excluding carboxylic acids is 1. The summed E-state index contributed by atoms with van der Waals surface area (Å²) in [7, 11) is 0. The summed E-state index contributed by atoms with van der Waals surface area (Å²) in [5.74, 6) is -0.0981. The number of hydrogen-bond acceptors (Lipinski definition) is 7. The number of nitriles is 1. The summed E-state index contributed by atoms with van der Waals surface area (Å²) in [6.45, 7) is -0.162. The predicted octanol–water partition coefficient (Wildman–Crippen LogP) is 2.34. The highest BCUT2D eigenvalue weighted by molar-refractivity contribution is 5.79. The molecule has 1 aliphatic heterocycles. The van der Waals surface area contributed by atoms with Crippen molar-refractivity contribution in [3.63, 3.8) is 0 Å². The van der Waals surface area contributed by atoms with Gasteiger partial charge in [-0.3, -0.25) is 14.2 Å². The van der Waals surface area contributed by atoms with Gasteiger partial charge in [-0.25, -0.2) is 9.97 Å². The predicted molar refractivity (Wildman–Crippen MR) is 127 cm³/mol. The van der Waals surface area contributed by atoms with E-state index in [4.69, 9.17) is 16.7 Å². The van der Waals surface area contributed by atoms with E-state index < -0.39 is 29.2 Å². The molecule has 0 bridgehead atoms. The molecule has 2 unspecified atom stereocenters. The molecule has 9 nitrogen and oxygen atoms in total. The number of pyridine rings is 1. The highest BCUT2D eigenvalue weighted by Crippen LogP contribution is 2.41. The van der Waals surface area contributed by atoms with E-state index in [0.29, 0.717) is 30.9 Å². The number of nitrogens with one attached hydrogen (secondary N) is 1. The molecule has 0 spiro atoms. The second kappa shape index (κ2) is 8.92. The quantitative estimate of drug-likeness (QED) is 0.477. The molecule has 37 heavy (non-hydrogen) atoms. The lowest BCUT2D eigenvalue weighted by molar-refractivity contribution is -0.137. The lowest BCUT2D eigenvalue weighted by atomic mass is 9.83. The molecule has 190 valence electrons. The van der Waals surface area contributed by atoms with Crippen LogP contribution in [0.25, 0.3) is 0 Å². The maximum absolute atomic E-state index is 13.4. The van der Waals surface area contributed by atoms with Crippen molar-refractivity contribution in [2.24, 2.45) is 17.6 Å². The van der Waals surface area contributed by atoms with E-state index >= 15 is 0 Å². The number of rotatable bonds is 5. The summed E-state index contributed by atoms with van der Waals surface area (Å²) in [6.07, 6.45) is -1.68. The van der Waals surface area contributed by atoms with E-state index in [1.54, 1.807) is 12.1 Å². The van der Waals surface area contributed by atoms with Crippen LogP contribution in [-0.2, 0) is 36.8 Å². The zero-order valence-corrected chi connectivity index (χ0v) is 19.4. The molecule has 3 atom stereocenters. The van der Waals surface area contributed by atoms with Gasteiger partial charge in [0.05, 0.1) is 23.4 Å². The molecule has 1 aliphatic carbocycles. The number of hydrogen-bond donors (Lipinski definition) is 3. The van der Waals surface area contributed by atoms with Crippen LogP contribution >= 0.6 is 0 Å². The Hall–Kier alpha value is -4.40. The van der Waals surface area contributed by atoms with Crippen molar-refractivity contribution in [1.82, 2.24) is 14.5 Å². The van der Waals surface area contributed by atoms with Gasteiger partial charge in [-0.1, -0.05) is 6.07 Å². The monoisotopic (exact) mass is 509 g/mol. The van der Waals surface area contributed by atoms with E-state index in [-0.39, 0.29) is 35.2 Å². The fraction of sp³-hybridized carbons (Fsp3) is 0.320. The topological polar surface area (TPSA) is 153 Å². The zero-order valence-electron chi connectivity index (χ0n) is 19.4. The molecular formula is C25H22F3N7O2. The van der Waals surface area contributed by atoms with Gasteiger partial charge >= 0.3 is 6.18 Å². The first-order valence-electron chi connectivity index (χ1n) is 11.5. The molecule has 3 aromatic rings. The first kappa shape index (κ1) is 24.3. The van der Waals surface area contributed by atoms with Crippen molar-refractivity contribution in [3.8, 4) is 6.07 Å². The Bertz CT molecular complexity index is 1510. The molecular weight excluding hydrogens is 487 g/mol. The largest absolute Gasteiger partial charge is 0.416 e. The maximum Gasteiger partial charge on any atom is 0.416 e. The van der Waals surface area contributed by atoms with Crippen LogP contribution in [0.3, 0.4) is 0 Å². The number of alkyl halides is 3. The minimum Gasteiger partial charge on any atom is -0.384 e. The zero-order chi connectivity index (χ0) is 26.5. The van der Waals surface area contributed by atoms with Gasteiger partial charge in [-0.05, 0) is 60.1 Å². The number of nitrogens with two attached hydrogens (primary N) is 2. The number of halogens is 3. The van der Waals surface area contributed by atoms with Gasteiger partial charge in [0, 0.05) is 18.7 Å². The Labute approximate surface area is 208 Å². The lowest BCUT2D eigenvalue weighted by Gasteiger charge is -2.23. The molecule has 2 aliphatic rings. The minimum absolute atomic E-state index is 0.00817. The second-order valence-corrected chi connectivity index (χ2v) is 9.37. The van der Waals surface area contributed by atoms with E-state index in [1.807, 2.05) is 6.07 Å². The van der Waals surface area contributed by atoms with Crippen molar-refractivity contribution in [2.75, 3.05) is 11.1 Å². The lowest BCUT2D eigenvalue weighted by Crippen LogP contribution is -2.38. The third-order valence-electron chi connectivity index (χ3n) is 7.03. The van der Waals surface area contributed by atoms with Crippen molar-refractivity contribution >= 4 is 17.4 Å². The first-order valence-corrected chi connectivity index (χ1v) is 11.5. The Morgan fingerprint density at radius 1 is 1.22 bits per heavy atom. The number of aromatic nitrogens is 3. The number of fused-ring (bicyclic) bond motifs is 2. The summed E-state index contributed by atoms with van der Waals surface area (Å²) in [5.41, 5.74) is 12.0. The number of benzene rings is 1. The molecule has 0 saturated carbocycles. The molecule has 2 aromatic heterocycles. The fourth-order valence-corrected chi connectivity index (χ4v) is 5.37. The Balaban J connectivity index is 1.41. The molecule has 0 fully saturated rings. The molecule has 0 saturated heterocycles. The Morgan fingerprint density at radius 3 is 2.70 bits per heavy atom. The third kappa shape index (κ3) is 4.48. The van der Waals surface area contributed by atoms with E-state index in [0.717, 1.165) is 23.4 Å². The summed E-state index contributed by atoms with van der Waals surface area (Å²) < 4.78 is 40.9. The number of nitrogen functional groups attached to an aromatic ring is 1. The normalized spacial score (nSPS) is 20.2. The molecule has 5 N–H and O–H groups in total. The van der Waals surface area contributed by atoms with Crippen LogP contribution in [0.2, 0.25) is 0 Å². The average Bonchev–Trinajstić information content (AvgIpc) is 3.44. The van der Waals surface area contributed by atoms with Gasteiger partial charge in [0.15, 0.2) is 0 Å². The van der Waals surface area contributed by atoms with Gasteiger partial charge in [-0.15, -0.1) is 0 Å². The van der Waals surface area contributed by atoms with Gasteiger partial charge in [-0.2, -0.15) is 18.4 Å². The summed E-state index contributed by atoms with van der Waals surface area (Å²) in [4.78, 5) is 34.7. The number of nitrogens with zero attached hydrogens (tertiary/aromatic N) is 4. The van der Waals surface area contributed by atoms with Crippen LogP contribution in [0.4, 0.5) is 24.7 Å². The summed E-state index contributed by atoms with van der Waals surface area (Å²) >= 11 is 0. The van der Waals surface area contributed by atoms with Crippen LogP contribution in [0.5, 0.6) is 0 Å². The van der Waals surface area contributed by atoms with Crippen LogP contribution in [0.15, 0.2) is 41.3 Å². The van der Waals surface area contributed by atoms with Crippen LogP contribution in [0.1, 0.15) is 39.8 Å². The number of primary amides is 1. The number of amides is 1. The van der Waals surface area contributed by atoms with Gasteiger partial charge in [0.1, 0.15) is 23.4 Å². The average molecular weight is 509 g/mol. The van der Waals surface area contributed by atoms with Crippen molar-refractivity contribution < 1.29 is 18.0 Å². The molecule has 1 amide bonds. The van der Waals surface area contributed by atoms with Gasteiger partial charge in [0.25, 0.3) is 5.56 Å². The molecule has 1 aromatic carbocycles. The maximum atomic E-state index is 13.4. The highest BCUT2D eigenvalue weighted by atomic mass is 19.4. The minimum atomic E-state index is -4.62. The van der Waals surface area contributed by atoms with Crippen molar-refractivity contribution in [2.45, 2.75) is 38.0 Å². The van der Waals surface area contributed by atoms with Gasteiger partial charge < -0.3 is 16.8 Å². The fourth-order valence-electron chi connectivity index (χ4n) is 5.37. The number of carbonyl (C=O) groups is 1. The van der Waals surface area contributed by atoms with Crippen LogP contribution < -0.4 is 22.3 Å². The molecule has 0 radical (unpaired) electrons. The standard InChI is InChI=1S/C25H22F3N7O2/c26-25(27,28)16-4-12(9-29)3-13(5-16)10-32-19-11-33-21-8-17(22(23(31)36)35(21)24(19)37)15-6-14-1-2-20(30)34-18(14)7-15/h1-5,11,15,17,22,32H,6-8,10H2,(H2,30,34)(H2,31,36)/t15?,17?,22-/m0/s1. The molecule has 12 heteroatoms. The molecule has 5 rings (SSSR count). The van der Waals surface area contributed by atoms with Crippen LogP contribution in [-0.4, -0.2) is 20.4 Å². The van der Waals surface area contributed by atoms with E-state index in [1.165, 1.54) is 16.8 Å². The third-order valence-corrected chi connectivity index (χ3v) is 7.03. The smallest absolute Gasteiger partial charge is 0.384 e. The van der Waals surface area contributed by atoms with Gasteiger partial charge in [0.2, 0.25) is 5.91 Å². The summed E-state index contributed by atoms with van der Waals surface area (Å²) in [5, 5.41) is 11.9. The highest BCUT2D eigenvalue weighted by Gasteiger charge is 2.44. The Kier molecular flexibility index (Phi) is 5.86. The van der Waals surface area contributed by atoms with E-state index in [9.17, 15) is 22.8 Å². The molecule has 3 heterocycles.